The molecule has 0 radical (unpaired) electrons. The zero-order valence-electron chi connectivity index (χ0n) is 39.7. The molecule has 0 bridgehead atoms. The maximum Gasteiger partial charge on any atom is 0.335 e. The molecule has 1 aromatic heterocycles. The van der Waals surface area contributed by atoms with Crippen molar-refractivity contribution in [1.29, 1.82) is 0 Å². The van der Waals surface area contributed by atoms with Gasteiger partial charge < -0.3 is 138 Å². The molecule has 76 heavy (non-hydrogen) atoms. The Morgan fingerprint density at radius 2 is 1.08 bits per heavy atom. The molecule has 0 aliphatic carbocycles. The van der Waals surface area contributed by atoms with Crippen LogP contribution in [0.5, 0.6) is 28.7 Å². The first kappa shape index (κ1) is 57.0. The molecule has 5 aliphatic rings. The standard InChI is InChI=1S/C45H56O31/c1-10-21(49)25(53)30(58)42(67-10)75-37-28(56)27(55)35(39(61)62)73-44(37)71-19-8-18-20(24(52)33(19)65-3)14(47)7-17(69-18)12-4-5-16(13(46)6-12)70-45-38(76-43-31(59)26(54)22(50)11(2)68-43)34(32(60)36(74-45)40(63)64)72-41-29(57)23(51)15(48)9-66-41/h4-8,10-11,15,21-23,25-32,34-38,41-46,48-60H,9H2,1-3H3,(H,61,62)(H,63,64). The molecule has 0 saturated carbocycles. The van der Waals surface area contributed by atoms with Crippen LogP contribution >= 0.6 is 0 Å². The molecule has 5 fully saturated rings. The maximum absolute atomic E-state index is 13.7. The van der Waals surface area contributed by atoms with E-state index in [1.807, 2.05) is 0 Å². The average Bonchev–Trinajstić information content (AvgIpc) is 3.37. The number of hydrogen-bond donors (Lipinski definition) is 16. The lowest BCUT2D eigenvalue weighted by molar-refractivity contribution is -0.374. The smallest absolute Gasteiger partial charge is 0.335 e. The van der Waals surface area contributed by atoms with Crippen LogP contribution in [0.1, 0.15) is 13.8 Å². The monoisotopic (exact) mass is 1090 g/mol. The fraction of sp³-hybridized carbons (Fsp3) is 0.622. The highest BCUT2D eigenvalue weighted by Gasteiger charge is 2.57. The number of ether oxygens (including phenoxy) is 11. The van der Waals surface area contributed by atoms with Gasteiger partial charge >= 0.3 is 11.9 Å². The summed E-state index contributed by atoms with van der Waals surface area (Å²) < 4.78 is 67.8. The fourth-order valence-corrected chi connectivity index (χ4v) is 9.03. The van der Waals surface area contributed by atoms with Crippen molar-refractivity contribution in [3.63, 3.8) is 0 Å². The van der Waals surface area contributed by atoms with Crippen LogP contribution in [0.2, 0.25) is 0 Å². The SMILES string of the molecule is COc1c(OC2OC(C(=O)O)C(O)C(O)C2OC2OC(C)C(O)C(O)C2O)cc2oc(-c3ccc(OC4OC(C(=O)O)C(O)C(OC5OCC(O)C(O)C5O)C4OC4OC(C)C(O)C(O)C4O)c(O)c3)cc(=O)c2c1O. The number of carbonyl (C=O) groups is 2. The third-order valence-electron chi connectivity index (χ3n) is 13.3. The van der Waals surface area contributed by atoms with Gasteiger partial charge in [0.25, 0.3) is 0 Å². The Kier molecular flexibility index (Phi) is 17.0. The first-order chi connectivity index (χ1) is 35.8. The topological polar surface area (TPSA) is 490 Å². The molecular formula is C45H56O31. The Balaban J connectivity index is 1.11. The summed E-state index contributed by atoms with van der Waals surface area (Å²) in [4.78, 5) is 38.3. The van der Waals surface area contributed by atoms with E-state index < -0.39 is 211 Å². The first-order valence-electron chi connectivity index (χ1n) is 23.2. The number of rotatable bonds is 14. The van der Waals surface area contributed by atoms with Crippen LogP contribution in [-0.4, -0.2) is 255 Å². The quantitative estimate of drug-likeness (QED) is 0.0714. The van der Waals surface area contributed by atoms with Gasteiger partial charge in [0.1, 0.15) is 96.1 Å². The lowest BCUT2D eigenvalue weighted by atomic mass is 9.96. The summed E-state index contributed by atoms with van der Waals surface area (Å²) >= 11 is 0. The molecule has 422 valence electrons. The second-order valence-corrected chi connectivity index (χ2v) is 18.4. The van der Waals surface area contributed by atoms with Crippen LogP contribution in [0.3, 0.4) is 0 Å². The van der Waals surface area contributed by atoms with Crippen LogP contribution in [-0.2, 0) is 47.5 Å². The van der Waals surface area contributed by atoms with E-state index in [0.717, 1.165) is 31.4 Å². The van der Waals surface area contributed by atoms with Crippen LogP contribution in [0.25, 0.3) is 22.3 Å². The van der Waals surface area contributed by atoms with E-state index in [2.05, 4.69) is 0 Å². The number of fused-ring (bicyclic) bond motifs is 1. The summed E-state index contributed by atoms with van der Waals surface area (Å²) in [7, 11) is 1.03. The second-order valence-electron chi connectivity index (χ2n) is 18.4. The first-order valence-corrected chi connectivity index (χ1v) is 23.2. The van der Waals surface area contributed by atoms with Crippen molar-refractivity contribution in [1.82, 2.24) is 0 Å². The van der Waals surface area contributed by atoms with Crippen LogP contribution < -0.4 is 19.6 Å². The number of phenols is 2. The summed E-state index contributed by atoms with van der Waals surface area (Å²) in [5.41, 5.74) is -1.53. The molecule has 24 atom stereocenters. The number of carboxylic acid groups (broad SMARTS) is 2. The Bertz CT molecular complexity index is 2620. The Hall–Kier alpha value is -5.21. The highest BCUT2D eigenvalue weighted by molar-refractivity contribution is 5.89. The van der Waals surface area contributed by atoms with E-state index >= 15 is 0 Å². The van der Waals surface area contributed by atoms with Gasteiger partial charge in [-0.05, 0) is 32.0 Å². The van der Waals surface area contributed by atoms with E-state index in [1.54, 1.807) is 0 Å². The molecule has 8 rings (SSSR count). The summed E-state index contributed by atoms with van der Waals surface area (Å²) in [6.07, 6.45) is -45.9. The molecule has 6 heterocycles. The predicted octanol–water partition coefficient (Wildman–Crippen LogP) is -6.41. The Morgan fingerprint density at radius 1 is 0.553 bits per heavy atom. The lowest BCUT2D eigenvalue weighted by Gasteiger charge is -2.47. The number of hydrogen-bond acceptors (Lipinski definition) is 29. The van der Waals surface area contributed by atoms with Crippen molar-refractivity contribution in [3.8, 4) is 40.1 Å². The fourth-order valence-electron chi connectivity index (χ4n) is 9.03. The minimum absolute atomic E-state index is 0.110. The molecule has 0 spiro atoms. The van der Waals surface area contributed by atoms with Gasteiger partial charge in [-0.25, -0.2) is 9.59 Å². The van der Waals surface area contributed by atoms with Crippen molar-refractivity contribution >= 4 is 22.9 Å². The van der Waals surface area contributed by atoms with Gasteiger partial charge in [-0.3, -0.25) is 4.79 Å². The molecule has 5 aliphatic heterocycles. The summed E-state index contributed by atoms with van der Waals surface area (Å²) in [5.74, 6) is -7.39. The number of phenolic OH excluding ortho intramolecular Hbond substituents is 2. The zero-order valence-corrected chi connectivity index (χ0v) is 39.7. The van der Waals surface area contributed by atoms with Crippen LogP contribution in [0, 0.1) is 0 Å². The van der Waals surface area contributed by atoms with E-state index in [4.69, 9.17) is 56.5 Å². The number of aliphatic hydroxyl groups is 12. The molecule has 31 nitrogen and oxygen atoms in total. The number of methoxy groups -OCH3 is 1. The highest BCUT2D eigenvalue weighted by Crippen LogP contribution is 2.45. The van der Waals surface area contributed by atoms with Gasteiger partial charge in [0.2, 0.25) is 18.3 Å². The molecule has 16 N–H and O–H groups in total. The van der Waals surface area contributed by atoms with E-state index in [0.29, 0.717) is 0 Å². The van der Waals surface area contributed by atoms with Gasteiger partial charge in [0.15, 0.2) is 71.7 Å². The zero-order chi connectivity index (χ0) is 55.5. The summed E-state index contributed by atoms with van der Waals surface area (Å²) in [6, 6.07) is 5.00. The highest BCUT2D eigenvalue weighted by atomic mass is 16.8. The minimum Gasteiger partial charge on any atom is -0.504 e. The second kappa shape index (κ2) is 22.6. The van der Waals surface area contributed by atoms with Gasteiger partial charge in [-0.1, -0.05) is 0 Å². The average molecular weight is 1090 g/mol. The van der Waals surface area contributed by atoms with Gasteiger partial charge in [-0.2, -0.15) is 0 Å². The molecule has 2 aromatic carbocycles. The maximum atomic E-state index is 13.7. The van der Waals surface area contributed by atoms with Gasteiger partial charge in [-0.15, -0.1) is 0 Å². The Labute approximate surface area is 425 Å². The van der Waals surface area contributed by atoms with Gasteiger partial charge in [0, 0.05) is 17.7 Å². The third-order valence-corrected chi connectivity index (χ3v) is 13.3. The van der Waals surface area contributed by atoms with Crippen molar-refractivity contribution in [3.05, 3.63) is 40.6 Å². The molecule has 0 amide bonds. The van der Waals surface area contributed by atoms with Crippen LogP contribution in [0.4, 0.5) is 0 Å². The lowest BCUT2D eigenvalue weighted by Crippen LogP contribution is -2.67. The number of carboxylic acids is 2. The van der Waals surface area contributed by atoms with E-state index in [1.165, 1.54) is 19.9 Å². The molecule has 5 saturated heterocycles. The van der Waals surface area contributed by atoms with Crippen LogP contribution in [0.15, 0.2) is 39.5 Å². The van der Waals surface area contributed by atoms with Crippen molar-refractivity contribution < 1.29 is 148 Å². The minimum atomic E-state index is -2.25. The van der Waals surface area contributed by atoms with Crippen molar-refractivity contribution in [2.45, 2.75) is 161 Å². The van der Waals surface area contributed by atoms with E-state index in [-0.39, 0.29) is 11.3 Å². The predicted molar refractivity (Wildman–Crippen MR) is 237 cm³/mol. The number of aliphatic hydroxyl groups excluding tert-OH is 12. The summed E-state index contributed by atoms with van der Waals surface area (Å²) in [6.45, 7) is 1.98. The summed E-state index contributed by atoms with van der Waals surface area (Å²) in [5, 5.41) is 169. The van der Waals surface area contributed by atoms with E-state index in [9.17, 15) is 96.1 Å². The largest absolute Gasteiger partial charge is 0.504 e. The van der Waals surface area contributed by atoms with Crippen molar-refractivity contribution in [2.75, 3.05) is 13.7 Å². The van der Waals surface area contributed by atoms with Gasteiger partial charge in [0.05, 0.1) is 25.9 Å². The number of benzene rings is 2. The molecule has 31 heteroatoms. The molecule has 24 unspecified atom stereocenters. The molecule has 3 aromatic rings. The number of aliphatic carboxylic acids is 2. The normalized spacial score (nSPS) is 41.0. The van der Waals surface area contributed by atoms with Crippen molar-refractivity contribution in [2.24, 2.45) is 0 Å². The third kappa shape index (κ3) is 10.8. The molecular weight excluding hydrogens is 1040 g/mol. The Morgan fingerprint density at radius 3 is 1.64 bits per heavy atom. The number of aromatic hydroxyl groups is 2.